The van der Waals surface area contributed by atoms with Crippen LogP contribution >= 0.6 is 0 Å². The molecule has 1 heterocycles. The number of rotatable bonds is 0. The molecule has 3 rings (SSSR count). The van der Waals surface area contributed by atoms with E-state index < -0.39 is 6.10 Å². The highest BCUT2D eigenvalue weighted by molar-refractivity contribution is 5.38. The number of halogens is 1. The minimum absolute atomic E-state index is 0.271. The second-order valence-electron chi connectivity index (χ2n) is 5.87. The first-order chi connectivity index (χ1) is 8.58. The molecule has 3 heteroatoms. The fourth-order valence-corrected chi connectivity index (χ4v) is 3.20. The van der Waals surface area contributed by atoms with Crippen molar-refractivity contribution >= 4 is 0 Å². The smallest absolute Gasteiger partial charge is 0.128 e. The molecular weight excluding hydrogens is 231 g/mol. The van der Waals surface area contributed by atoms with Gasteiger partial charge in [-0.25, -0.2) is 4.39 Å². The first-order valence-electron chi connectivity index (χ1n) is 6.74. The largest absolute Gasteiger partial charge is 0.487 e. The van der Waals surface area contributed by atoms with Crippen LogP contribution in [0.5, 0.6) is 5.75 Å². The van der Waals surface area contributed by atoms with Crippen molar-refractivity contribution in [3.63, 3.8) is 0 Å². The first-order valence-corrected chi connectivity index (χ1v) is 6.74. The topological polar surface area (TPSA) is 29.5 Å². The van der Waals surface area contributed by atoms with E-state index >= 15 is 0 Å². The molecule has 1 spiro atoms. The molecule has 2 nitrogen and oxygen atoms in total. The molecule has 0 amide bonds. The molecule has 0 bridgehead atoms. The Bertz CT molecular complexity index is 450. The summed E-state index contributed by atoms with van der Waals surface area (Å²) in [7, 11) is 0. The number of aliphatic hydroxyl groups is 1. The Hall–Kier alpha value is -1.09. The van der Waals surface area contributed by atoms with Crippen LogP contribution in [0.3, 0.4) is 0 Å². The Morgan fingerprint density at radius 1 is 1.33 bits per heavy atom. The molecule has 1 aliphatic carbocycles. The van der Waals surface area contributed by atoms with E-state index in [1.807, 2.05) is 0 Å². The van der Waals surface area contributed by atoms with Gasteiger partial charge in [0.1, 0.15) is 17.2 Å². The average molecular weight is 250 g/mol. The SMILES string of the molecule is CC1CCC2(CC1)C[C@H](O)c1ccc(F)cc1O2. The number of benzene rings is 1. The maximum Gasteiger partial charge on any atom is 0.128 e. The summed E-state index contributed by atoms with van der Waals surface area (Å²) < 4.78 is 19.3. The fraction of sp³-hybridized carbons (Fsp3) is 0.600. The third-order valence-corrected chi connectivity index (χ3v) is 4.41. The lowest BCUT2D eigenvalue weighted by atomic mass is 9.74. The van der Waals surface area contributed by atoms with Gasteiger partial charge in [-0.1, -0.05) is 6.92 Å². The second-order valence-corrected chi connectivity index (χ2v) is 5.87. The summed E-state index contributed by atoms with van der Waals surface area (Å²) in [5.41, 5.74) is 0.452. The Balaban J connectivity index is 1.90. The third-order valence-electron chi connectivity index (χ3n) is 4.41. The van der Waals surface area contributed by atoms with Crippen molar-refractivity contribution in [3.8, 4) is 5.75 Å². The fourth-order valence-electron chi connectivity index (χ4n) is 3.20. The van der Waals surface area contributed by atoms with Gasteiger partial charge in [0, 0.05) is 18.1 Å². The van der Waals surface area contributed by atoms with Crippen molar-refractivity contribution in [3.05, 3.63) is 29.6 Å². The summed E-state index contributed by atoms with van der Waals surface area (Å²) in [6.07, 6.45) is 4.28. The van der Waals surface area contributed by atoms with Crippen molar-refractivity contribution in [2.75, 3.05) is 0 Å². The van der Waals surface area contributed by atoms with Crippen LogP contribution in [-0.4, -0.2) is 10.7 Å². The van der Waals surface area contributed by atoms with Crippen molar-refractivity contribution in [1.29, 1.82) is 0 Å². The first kappa shape index (κ1) is 12.0. The van der Waals surface area contributed by atoms with E-state index in [-0.39, 0.29) is 11.4 Å². The maximum atomic E-state index is 13.3. The minimum Gasteiger partial charge on any atom is -0.487 e. The zero-order valence-electron chi connectivity index (χ0n) is 10.7. The van der Waals surface area contributed by atoms with E-state index in [0.29, 0.717) is 12.2 Å². The Labute approximate surface area is 107 Å². The molecule has 1 fully saturated rings. The molecule has 1 aromatic carbocycles. The Morgan fingerprint density at radius 2 is 2.06 bits per heavy atom. The molecule has 0 unspecified atom stereocenters. The second kappa shape index (κ2) is 4.23. The monoisotopic (exact) mass is 250 g/mol. The summed E-state index contributed by atoms with van der Waals surface area (Å²) in [6.45, 7) is 2.25. The number of ether oxygens (including phenoxy) is 1. The highest BCUT2D eigenvalue weighted by Crippen LogP contribution is 2.47. The van der Waals surface area contributed by atoms with E-state index in [4.69, 9.17) is 4.74 Å². The molecule has 18 heavy (non-hydrogen) atoms. The van der Waals surface area contributed by atoms with E-state index in [1.165, 1.54) is 12.1 Å². The van der Waals surface area contributed by atoms with Crippen LogP contribution in [0.1, 0.15) is 50.7 Å². The zero-order valence-corrected chi connectivity index (χ0v) is 10.7. The van der Waals surface area contributed by atoms with Gasteiger partial charge in [0.2, 0.25) is 0 Å². The van der Waals surface area contributed by atoms with Gasteiger partial charge in [-0.15, -0.1) is 0 Å². The Morgan fingerprint density at radius 3 is 2.78 bits per heavy atom. The Kier molecular flexibility index (Phi) is 2.81. The van der Waals surface area contributed by atoms with Crippen LogP contribution in [0.15, 0.2) is 18.2 Å². The average Bonchev–Trinajstić information content (AvgIpc) is 2.33. The van der Waals surface area contributed by atoms with Gasteiger partial charge in [0.15, 0.2) is 0 Å². The van der Waals surface area contributed by atoms with Crippen molar-refractivity contribution in [2.45, 2.75) is 50.7 Å². The van der Waals surface area contributed by atoms with Crippen LogP contribution < -0.4 is 4.74 Å². The van der Waals surface area contributed by atoms with Gasteiger partial charge in [-0.3, -0.25) is 0 Å². The standard InChI is InChI=1S/C15H19FO2/c1-10-4-6-15(7-5-10)9-13(17)12-3-2-11(16)8-14(12)18-15/h2-3,8,10,13,17H,4-7,9H2,1H3/t10?,13-,15?/m0/s1. The van der Waals surface area contributed by atoms with Gasteiger partial charge in [-0.05, 0) is 43.7 Å². The normalized spacial score (nSPS) is 35.1. The summed E-state index contributed by atoms with van der Waals surface area (Å²) >= 11 is 0. The highest BCUT2D eigenvalue weighted by Gasteiger charge is 2.42. The molecule has 0 radical (unpaired) electrons. The van der Waals surface area contributed by atoms with E-state index in [9.17, 15) is 9.50 Å². The van der Waals surface area contributed by atoms with Gasteiger partial charge >= 0.3 is 0 Å². The quantitative estimate of drug-likeness (QED) is 0.762. The molecule has 2 aliphatic rings. The molecular formula is C15H19FO2. The number of hydrogen-bond donors (Lipinski definition) is 1. The summed E-state index contributed by atoms with van der Waals surface area (Å²) in [5.74, 6) is 0.954. The van der Waals surface area contributed by atoms with Gasteiger partial charge in [0.25, 0.3) is 0 Å². The summed E-state index contributed by atoms with van der Waals surface area (Å²) in [6, 6.07) is 4.41. The number of hydrogen-bond acceptors (Lipinski definition) is 2. The van der Waals surface area contributed by atoms with Crippen LogP contribution in [0.25, 0.3) is 0 Å². The van der Waals surface area contributed by atoms with Crippen LogP contribution in [-0.2, 0) is 0 Å². The molecule has 98 valence electrons. The summed E-state index contributed by atoms with van der Waals surface area (Å²) in [5, 5.41) is 10.2. The van der Waals surface area contributed by atoms with E-state index in [1.54, 1.807) is 6.07 Å². The minimum atomic E-state index is -0.525. The van der Waals surface area contributed by atoms with Crippen molar-refractivity contribution < 1.29 is 14.2 Å². The van der Waals surface area contributed by atoms with Crippen LogP contribution in [0, 0.1) is 11.7 Å². The van der Waals surface area contributed by atoms with Gasteiger partial charge in [0.05, 0.1) is 6.10 Å². The van der Waals surface area contributed by atoms with Gasteiger partial charge in [-0.2, -0.15) is 0 Å². The molecule has 0 saturated heterocycles. The van der Waals surface area contributed by atoms with Crippen LogP contribution in [0.4, 0.5) is 4.39 Å². The highest BCUT2D eigenvalue weighted by atomic mass is 19.1. The molecule has 1 atom stereocenters. The number of fused-ring (bicyclic) bond motifs is 1. The van der Waals surface area contributed by atoms with Crippen molar-refractivity contribution in [1.82, 2.24) is 0 Å². The third kappa shape index (κ3) is 2.01. The molecule has 1 aliphatic heterocycles. The molecule has 0 aromatic heterocycles. The predicted molar refractivity (Wildman–Crippen MR) is 67.0 cm³/mol. The van der Waals surface area contributed by atoms with E-state index in [2.05, 4.69) is 6.92 Å². The molecule has 1 saturated carbocycles. The number of aliphatic hydroxyl groups excluding tert-OH is 1. The zero-order chi connectivity index (χ0) is 12.8. The van der Waals surface area contributed by atoms with Crippen LogP contribution in [0.2, 0.25) is 0 Å². The maximum absolute atomic E-state index is 13.3. The van der Waals surface area contributed by atoms with E-state index in [0.717, 1.165) is 37.2 Å². The predicted octanol–water partition coefficient (Wildman–Crippen LogP) is 3.59. The summed E-state index contributed by atoms with van der Waals surface area (Å²) in [4.78, 5) is 0. The lowest BCUT2D eigenvalue weighted by Crippen LogP contribution is -2.44. The lowest BCUT2D eigenvalue weighted by Gasteiger charge is -2.44. The lowest BCUT2D eigenvalue weighted by molar-refractivity contribution is -0.0456. The van der Waals surface area contributed by atoms with Gasteiger partial charge < -0.3 is 9.84 Å². The molecule has 1 aromatic rings. The molecule has 1 N–H and O–H groups in total. The van der Waals surface area contributed by atoms with Crippen molar-refractivity contribution in [2.24, 2.45) is 5.92 Å².